The number of hydrogen-bond donors (Lipinski definition) is 1. The highest BCUT2D eigenvalue weighted by atomic mass is 19.4. The molecule has 0 amide bonds. The van der Waals surface area contributed by atoms with Gasteiger partial charge in [-0.2, -0.15) is 18.3 Å². The maximum Gasteiger partial charge on any atom is 0.408 e. The lowest BCUT2D eigenvalue weighted by Gasteiger charge is -2.11. The van der Waals surface area contributed by atoms with Crippen molar-refractivity contribution >= 4 is 11.8 Å². The fourth-order valence-electron chi connectivity index (χ4n) is 1.72. The molecule has 0 fully saturated rings. The van der Waals surface area contributed by atoms with Gasteiger partial charge in [-0.3, -0.25) is 0 Å². The molecule has 2 N–H and O–H groups in total. The van der Waals surface area contributed by atoms with Crippen molar-refractivity contribution in [3.63, 3.8) is 0 Å². The van der Waals surface area contributed by atoms with Crippen molar-refractivity contribution in [2.75, 3.05) is 12.8 Å². The van der Waals surface area contributed by atoms with Gasteiger partial charge in [-0.15, -0.1) is 0 Å². The summed E-state index contributed by atoms with van der Waals surface area (Å²) in [5, 5.41) is 3.63. The van der Waals surface area contributed by atoms with E-state index in [0.717, 1.165) is 7.11 Å². The third kappa shape index (κ3) is 3.39. The second-order valence-electron chi connectivity index (χ2n) is 4.22. The van der Waals surface area contributed by atoms with Gasteiger partial charge in [0.2, 0.25) is 0 Å². The predicted octanol–water partition coefficient (Wildman–Crippen LogP) is 2.33. The Kier molecular flexibility index (Phi) is 4.43. The number of rotatable bonds is 4. The first kappa shape index (κ1) is 15.3. The Bertz CT molecular complexity index is 468. The SMILES string of the molecule is CCC(C)c1c(C(=O)OC)nn(CC(F)(F)F)c1N. The molecular formula is C11H16F3N3O2. The van der Waals surface area contributed by atoms with Crippen LogP contribution in [0.25, 0.3) is 0 Å². The molecule has 0 radical (unpaired) electrons. The Morgan fingerprint density at radius 3 is 2.53 bits per heavy atom. The van der Waals surface area contributed by atoms with Crippen LogP contribution in [0.15, 0.2) is 0 Å². The lowest BCUT2D eigenvalue weighted by Crippen LogP contribution is -2.20. The summed E-state index contributed by atoms with van der Waals surface area (Å²) in [4.78, 5) is 11.6. The number of esters is 1. The van der Waals surface area contributed by atoms with Gasteiger partial charge in [0, 0.05) is 5.56 Å². The number of aromatic nitrogens is 2. The molecule has 1 heterocycles. The molecule has 5 nitrogen and oxygen atoms in total. The van der Waals surface area contributed by atoms with Gasteiger partial charge in [0.15, 0.2) is 5.69 Å². The molecule has 1 unspecified atom stereocenters. The van der Waals surface area contributed by atoms with Crippen LogP contribution in [0, 0.1) is 0 Å². The third-order valence-corrected chi connectivity index (χ3v) is 2.84. The van der Waals surface area contributed by atoms with Gasteiger partial charge in [0.25, 0.3) is 0 Å². The first-order valence-electron chi connectivity index (χ1n) is 5.72. The zero-order chi connectivity index (χ0) is 14.8. The van der Waals surface area contributed by atoms with Crippen molar-refractivity contribution in [2.45, 2.75) is 38.9 Å². The molecule has 1 atom stereocenters. The maximum atomic E-state index is 12.4. The Labute approximate surface area is 108 Å². The summed E-state index contributed by atoms with van der Waals surface area (Å²) in [6.07, 6.45) is -3.84. The molecule has 0 saturated carbocycles. The van der Waals surface area contributed by atoms with Crippen LogP contribution in [-0.2, 0) is 11.3 Å². The summed E-state index contributed by atoms with van der Waals surface area (Å²) in [5.74, 6) is -1.12. The Hall–Kier alpha value is -1.73. The van der Waals surface area contributed by atoms with E-state index in [9.17, 15) is 18.0 Å². The van der Waals surface area contributed by atoms with E-state index < -0.39 is 18.7 Å². The highest BCUT2D eigenvalue weighted by molar-refractivity contribution is 5.90. The quantitative estimate of drug-likeness (QED) is 0.859. The number of nitrogen functional groups attached to an aromatic ring is 1. The second kappa shape index (κ2) is 5.50. The number of nitrogens with zero attached hydrogens (tertiary/aromatic N) is 2. The van der Waals surface area contributed by atoms with Crippen molar-refractivity contribution < 1.29 is 22.7 Å². The number of halogens is 3. The van der Waals surface area contributed by atoms with Crippen molar-refractivity contribution in [2.24, 2.45) is 0 Å². The molecule has 0 aliphatic rings. The zero-order valence-electron chi connectivity index (χ0n) is 10.9. The Balaban J connectivity index is 3.30. The number of carbonyl (C=O) groups excluding carboxylic acids is 1. The van der Waals surface area contributed by atoms with Gasteiger partial charge < -0.3 is 10.5 Å². The summed E-state index contributed by atoms with van der Waals surface area (Å²) in [6, 6.07) is 0. The van der Waals surface area contributed by atoms with Gasteiger partial charge in [-0.05, 0) is 12.3 Å². The van der Waals surface area contributed by atoms with E-state index in [1.165, 1.54) is 0 Å². The predicted molar refractivity (Wildman–Crippen MR) is 62.7 cm³/mol. The van der Waals surface area contributed by atoms with Gasteiger partial charge >= 0.3 is 12.1 Å². The Morgan fingerprint density at radius 2 is 2.11 bits per heavy atom. The standard InChI is InChI=1S/C11H16F3N3O2/c1-4-6(2)7-8(10(18)19-3)16-17(9(7)15)5-11(12,13)14/h6H,4-5,15H2,1-3H3. The minimum atomic E-state index is -4.46. The Morgan fingerprint density at radius 1 is 1.53 bits per heavy atom. The van der Waals surface area contributed by atoms with Crippen LogP contribution < -0.4 is 5.73 Å². The monoisotopic (exact) mass is 279 g/mol. The molecule has 1 rings (SSSR count). The molecule has 0 spiro atoms. The molecule has 1 aromatic heterocycles. The summed E-state index contributed by atoms with van der Waals surface area (Å²) < 4.78 is 42.3. The molecular weight excluding hydrogens is 263 g/mol. The van der Waals surface area contributed by atoms with E-state index in [-0.39, 0.29) is 17.4 Å². The van der Waals surface area contributed by atoms with Crippen molar-refractivity contribution in [3.8, 4) is 0 Å². The number of hydrogen-bond acceptors (Lipinski definition) is 4. The van der Waals surface area contributed by atoms with E-state index in [0.29, 0.717) is 16.7 Å². The number of nitrogens with two attached hydrogens (primary N) is 1. The molecule has 0 bridgehead atoms. The van der Waals surface area contributed by atoms with Crippen LogP contribution in [0.1, 0.15) is 42.2 Å². The smallest absolute Gasteiger partial charge is 0.408 e. The fraction of sp³-hybridized carbons (Fsp3) is 0.636. The summed E-state index contributed by atoms with van der Waals surface area (Å²) in [7, 11) is 1.14. The molecule has 0 aromatic carbocycles. The van der Waals surface area contributed by atoms with Crippen LogP contribution in [0.3, 0.4) is 0 Å². The number of methoxy groups -OCH3 is 1. The minimum Gasteiger partial charge on any atom is -0.464 e. The topological polar surface area (TPSA) is 70.1 Å². The van der Waals surface area contributed by atoms with E-state index in [1.54, 1.807) is 6.92 Å². The average Bonchev–Trinajstić information content (AvgIpc) is 2.63. The highest BCUT2D eigenvalue weighted by Gasteiger charge is 2.33. The van der Waals surface area contributed by atoms with Crippen LogP contribution in [-0.4, -0.2) is 29.0 Å². The maximum absolute atomic E-state index is 12.4. The number of alkyl halides is 3. The lowest BCUT2D eigenvalue weighted by molar-refractivity contribution is -0.142. The largest absolute Gasteiger partial charge is 0.464 e. The molecule has 0 aliphatic carbocycles. The van der Waals surface area contributed by atoms with Crippen molar-refractivity contribution in [1.82, 2.24) is 9.78 Å². The highest BCUT2D eigenvalue weighted by Crippen LogP contribution is 2.30. The van der Waals surface area contributed by atoms with Gasteiger partial charge in [-0.1, -0.05) is 13.8 Å². The van der Waals surface area contributed by atoms with Gasteiger partial charge in [0.05, 0.1) is 7.11 Å². The van der Waals surface area contributed by atoms with Crippen LogP contribution in [0.5, 0.6) is 0 Å². The zero-order valence-corrected chi connectivity index (χ0v) is 10.9. The minimum absolute atomic E-state index is 0.146. The second-order valence-corrected chi connectivity index (χ2v) is 4.22. The first-order chi connectivity index (χ1) is 8.71. The fourth-order valence-corrected chi connectivity index (χ4v) is 1.72. The normalized spacial score (nSPS) is 13.4. The number of carbonyl (C=O) groups is 1. The molecule has 0 saturated heterocycles. The van der Waals surface area contributed by atoms with E-state index in [2.05, 4.69) is 9.84 Å². The molecule has 8 heteroatoms. The van der Waals surface area contributed by atoms with Crippen LogP contribution in [0.4, 0.5) is 19.0 Å². The van der Waals surface area contributed by atoms with Gasteiger partial charge in [0.1, 0.15) is 12.4 Å². The van der Waals surface area contributed by atoms with Crippen molar-refractivity contribution in [1.29, 1.82) is 0 Å². The average molecular weight is 279 g/mol. The molecule has 108 valence electrons. The summed E-state index contributed by atoms with van der Waals surface area (Å²) >= 11 is 0. The van der Waals surface area contributed by atoms with E-state index >= 15 is 0 Å². The van der Waals surface area contributed by atoms with Crippen molar-refractivity contribution in [3.05, 3.63) is 11.3 Å². The number of ether oxygens (including phenoxy) is 1. The molecule has 1 aromatic rings. The first-order valence-corrected chi connectivity index (χ1v) is 5.72. The molecule has 19 heavy (non-hydrogen) atoms. The van der Waals surface area contributed by atoms with Crippen LogP contribution >= 0.6 is 0 Å². The number of anilines is 1. The third-order valence-electron chi connectivity index (χ3n) is 2.84. The van der Waals surface area contributed by atoms with Gasteiger partial charge in [-0.25, -0.2) is 9.48 Å². The summed E-state index contributed by atoms with van der Waals surface area (Å²) in [6.45, 7) is 2.27. The molecule has 0 aliphatic heterocycles. The van der Waals surface area contributed by atoms with E-state index in [1.807, 2.05) is 6.92 Å². The van der Waals surface area contributed by atoms with E-state index in [4.69, 9.17) is 5.73 Å². The lowest BCUT2D eigenvalue weighted by atomic mass is 9.98. The summed E-state index contributed by atoms with van der Waals surface area (Å²) in [5.41, 5.74) is 5.82. The van der Waals surface area contributed by atoms with Crippen LogP contribution in [0.2, 0.25) is 0 Å².